The quantitative estimate of drug-likeness (QED) is 0.585. The van der Waals surface area contributed by atoms with Crippen molar-refractivity contribution in [3.05, 3.63) is 35.9 Å². The molecule has 31 heavy (non-hydrogen) atoms. The predicted molar refractivity (Wildman–Crippen MR) is 116 cm³/mol. The normalized spacial score (nSPS) is 24.7. The maximum absolute atomic E-state index is 13.4. The number of hydrogen-bond donors (Lipinski definition) is 2. The number of carboxylic acid groups (broad SMARTS) is 1. The van der Waals surface area contributed by atoms with Gasteiger partial charge in [0.05, 0.1) is 12.6 Å². The lowest BCUT2D eigenvalue weighted by Gasteiger charge is -2.38. The van der Waals surface area contributed by atoms with Crippen molar-refractivity contribution in [3.63, 3.8) is 0 Å². The van der Waals surface area contributed by atoms with Crippen LogP contribution < -0.4 is 5.32 Å². The van der Waals surface area contributed by atoms with Crippen LogP contribution in [-0.2, 0) is 25.5 Å². The molecule has 2 N–H and O–H groups in total. The van der Waals surface area contributed by atoms with Gasteiger partial charge in [0, 0.05) is 6.04 Å². The molecule has 1 saturated carbocycles. The van der Waals surface area contributed by atoms with Gasteiger partial charge in [-0.15, -0.1) is 0 Å². The van der Waals surface area contributed by atoms with Gasteiger partial charge in [0.15, 0.2) is 0 Å². The maximum atomic E-state index is 13.4. The fourth-order valence-electron chi connectivity index (χ4n) is 5.04. The van der Waals surface area contributed by atoms with Crippen LogP contribution in [0.4, 0.5) is 0 Å². The lowest BCUT2D eigenvalue weighted by molar-refractivity contribution is -0.150. The molecule has 0 spiro atoms. The number of rotatable bonds is 9. The summed E-state index contributed by atoms with van der Waals surface area (Å²) in [5, 5.41) is 12.7. The number of benzene rings is 1. The molecule has 1 aliphatic heterocycles. The van der Waals surface area contributed by atoms with Gasteiger partial charge in [-0.05, 0) is 56.9 Å². The third kappa shape index (κ3) is 6.29. The van der Waals surface area contributed by atoms with Crippen LogP contribution >= 0.6 is 0 Å². The summed E-state index contributed by atoms with van der Waals surface area (Å²) in [7, 11) is 0. The molecule has 0 radical (unpaired) electrons. The van der Waals surface area contributed by atoms with Crippen LogP contribution in [0.3, 0.4) is 0 Å². The van der Waals surface area contributed by atoms with E-state index in [1.807, 2.05) is 30.3 Å². The van der Waals surface area contributed by atoms with Gasteiger partial charge in [0.25, 0.3) is 0 Å². The van der Waals surface area contributed by atoms with Gasteiger partial charge >= 0.3 is 11.9 Å². The van der Waals surface area contributed by atoms with Crippen molar-refractivity contribution < 1.29 is 24.2 Å². The van der Waals surface area contributed by atoms with E-state index in [1.54, 1.807) is 11.8 Å². The summed E-state index contributed by atoms with van der Waals surface area (Å²) in [5.74, 6) is -1.18. The second-order valence-corrected chi connectivity index (χ2v) is 8.60. The number of ether oxygens (including phenoxy) is 1. The Balaban J connectivity index is 1.74. The van der Waals surface area contributed by atoms with Crippen LogP contribution in [0.1, 0.15) is 57.4 Å². The Labute approximate surface area is 184 Å². The van der Waals surface area contributed by atoms with E-state index >= 15 is 0 Å². The summed E-state index contributed by atoms with van der Waals surface area (Å²) in [6.45, 7) is 1.75. The highest BCUT2D eigenvalue weighted by Crippen LogP contribution is 2.36. The highest BCUT2D eigenvalue weighted by Gasteiger charge is 2.40. The molecular weight excluding hydrogens is 396 g/mol. The van der Waals surface area contributed by atoms with E-state index in [4.69, 9.17) is 4.74 Å². The Morgan fingerprint density at radius 2 is 1.87 bits per heavy atom. The van der Waals surface area contributed by atoms with Crippen molar-refractivity contribution in [2.75, 3.05) is 13.2 Å². The largest absolute Gasteiger partial charge is 0.480 e. The lowest BCUT2D eigenvalue weighted by atomic mass is 9.90. The fourth-order valence-corrected chi connectivity index (χ4v) is 5.04. The van der Waals surface area contributed by atoms with E-state index in [-0.39, 0.29) is 31.1 Å². The lowest BCUT2D eigenvalue weighted by Crippen LogP contribution is -2.57. The molecule has 4 atom stereocenters. The first-order chi connectivity index (χ1) is 15.0. The average Bonchev–Trinajstić information content (AvgIpc) is 3.21. The number of carbonyl (C=O) groups excluding carboxylic acids is 2. The number of aryl methyl sites for hydroxylation is 1. The number of esters is 1. The van der Waals surface area contributed by atoms with Gasteiger partial charge < -0.3 is 14.7 Å². The monoisotopic (exact) mass is 430 g/mol. The van der Waals surface area contributed by atoms with Crippen molar-refractivity contribution in [1.82, 2.24) is 10.2 Å². The molecule has 1 amide bonds. The van der Waals surface area contributed by atoms with Gasteiger partial charge in [-0.25, -0.2) is 0 Å². The smallest absolute Gasteiger partial charge is 0.323 e. The van der Waals surface area contributed by atoms with E-state index in [1.165, 1.54) is 0 Å². The second kappa shape index (κ2) is 11.3. The van der Waals surface area contributed by atoms with Crippen molar-refractivity contribution in [2.24, 2.45) is 5.92 Å². The first-order valence-corrected chi connectivity index (χ1v) is 11.5. The third-order valence-electron chi connectivity index (χ3n) is 6.51. The van der Waals surface area contributed by atoms with Crippen LogP contribution in [0.5, 0.6) is 0 Å². The number of hydrogen-bond acceptors (Lipinski definition) is 5. The molecule has 2 fully saturated rings. The number of carbonyl (C=O) groups is 3. The average molecular weight is 431 g/mol. The molecule has 7 heteroatoms. The molecule has 7 nitrogen and oxygen atoms in total. The minimum Gasteiger partial charge on any atom is -0.480 e. The molecule has 1 saturated heterocycles. The minimum absolute atomic E-state index is 0.0152. The van der Waals surface area contributed by atoms with Crippen LogP contribution in [0.15, 0.2) is 30.3 Å². The summed E-state index contributed by atoms with van der Waals surface area (Å²) < 4.78 is 5.27. The summed E-state index contributed by atoms with van der Waals surface area (Å²) >= 11 is 0. The number of likely N-dealkylation sites (tertiary alicyclic amines) is 1. The zero-order chi connectivity index (χ0) is 22.2. The van der Waals surface area contributed by atoms with E-state index in [0.29, 0.717) is 25.2 Å². The van der Waals surface area contributed by atoms with Crippen LogP contribution in [0, 0.1) is 5.92 Å². The minimum atomic E-state index is -0.996. The van der Waals surface area contributed by atoms with Gasteiger partial charge in [-0.2, -0.15) is 0 Å². The first kappa shape index (κ1) is 23.3. The molecule has 1 aromatic rings. The summed E-state index contributed by atoms with van der Waals surface area (Å²) in [6, 6.07) is 8.69. The van der Waals surface area contributed by atoms with Gasteiger partial charge in [-0.1, -0.05) is 43.2 Å². The molecule has 3 rings (SSSR count). The molecular formula is C24H34N2O5. The molecule has 1 aromatic carbocycles. The third-order valence-corrected chi connectivity index (χ3v) is 6.51. The fraction of sp³-hybridized carbons (Fsp3) is 0.625. The van der Waals surface area contributed by atoms with Crippen molar-refractivity contribution in [2.45, 2.75) is 76.4 Å². The number of aliphatic carboxylic acids is 1. The number of amides is 1. The van der Waals surface area contributed by atoms with Gasteiger partial charge in [0.2, 0.25) is 5.91 Å². The first-order valence-electron chi connectivity index (χ1n) is 11.5. The Morgan fingerprint density at radius 3 is 2.55 bits per heavy atom. The Hall–Kier alpha value is -2.41. The summed E-state index contributed by atoms with van der Waals surface area (Å²) in [4.78, 5) is 39.1. The van der Waals surface area contributed by atoms with Crippen molar-refractivity contribution in [1.29, 1.82) is 0 Å². The molecule has 0 aromatic heterocycles. The SMILES string of the molecule is CCOC(=O)[C@H](CCc1ccccc1)N[C@H]1CCCC2CCC[C@H]2N(CC(=O)O)C1=O. The Bertz CT molecular complexity index is 754. The predicted octanol–water partition coefficient (Wildman–Crippen LogP) is 2.77. The number of nitrogens with one attached hydrogen (secondary N) is 1. The molecule has 0 bridgehead atoms. The summed E-state index contributed by atoms with van der Waals surface area (Å²) in [5.41, 5.74) is 1.11. The van der Waals surface area contributed by atoms with Crippen LogP contribution in [-0.4, -0.2) is 59.1 Å². The van der Waals surface area contributed by atoms with E-state index in [0.717, 1.165) is 37.7 Å². The summed E-state index contributed by atoms with van der Waals surface area (Å²) in [6.07, 6.45) is 6.60. The highest BCUT2D eigenvalue weighted by molar-refractivity contribution is 5.87. The van der Waals surface area contributed by atoms with E-state index in [9.17, 15) is 19.5 Å². The molecule has 1 aliphatic carbocycles. The van der Waals surface area contributed by atoms with Crippen LogP contribution in [0.25, 0.3) is 0 Å². The topological polar surface area (TPSA) is 95.9 Å². The zero-order valence-corrected chi connectivity index (χ0v) is 18.3. The van der Waals surface area contributed by atoms with Crippen molar-refractivity contribution in [3.8, 4) is 0 Å². The molecule has 2 aliphatic rings. The van der Waals surface area contributed by atoms with E-state index in [2.05, 4.69) is 5.32 Å². The van der Waals surface area contributed by atoms with Crippen molar-refractivity contribution >= 4 is 17.8 Å². The number of carboxylic acids is 1. The Kier molecular flexibility index (Phi) is 8.46. The Morgan fingerprint density at radius 1 is 1.16 bits per heavy atom. The van der Waals surface area contributed by atoms with Gasteiger partial charge in [0.1, 0.15) is 12.6 Å². The second-order valence-electron chi connectivity index (χ2n) is 8.60. The van der Waals surface area contributed by atoms with Crippen LogP contribution in [0.2, 0.25) is 0 Å². The zero-order valence-electron chi connectivity index (χ0n) is 18.3. The number of fused-ring (bicyclic) bond motifs is 1. The number of nitrogens with zero attached hydrogens (tertiary/aromatic N) is 1. The van der Waals surface area contributed by atoms with Gasteiger partial charge in [-0.3, -0.25) is 19.7 Å². The standard InChI is InChI=1S/C24H34N2O5/c1-2-31-24(30)20(15-14-17-8-4-3-5-9-17)25-19-12-6-10-18-11-7-13-21(18)26(23(19)29)16-22(27)28/h3-5,8-9,18-21,25H,2,6-7,10-16H2,1H3,(H,27,28)/t18?,19-,20-,21+/m0/s1. The van der Waals surface area contributed by atoms with E-state index < -0.39 is 18.1 Å². The molecule has 1 heterocycles. The molecule has 1 unspecified atom stereocenters. The highest BCUT2D eigenvalue weighted by atomic mass is 16.5. The maximum Gasteiger partial charge on any atom is 0.323 e. The molecule has 170 valence electrons.